The van der Waals surface area contributed by atoms with Crippen LogP contribution in [0.15, 0.2) is 12.3 Å². The van der Waals surface area contributed by atoms with E-state index >= 15 is 0 Å². The number of hydrogen-bond donors (Lipinski definition) is 0. The lowest BCUT2D eigenvalue weighted by Crippen LogP contribution is -2.37. The maximum Gasteiger partial charge on any atom is 0.417 e. The van der Waals surface area contributed by atoms with E-state index < -0.39 is 11.7 Å². The van der Waals surface area contributed by atoms with Crippen LogP contribution in [0, 0.1) is 0 Å². The zero-order chi connectivity index (χ0) is 12.5. The Labute approximate surface area is 101 Å². The van der Waals surface area contributed by atoms with Crippen LogP contribution in [0.4, 0.5) is 19.0 Å². The number of hydrogen-bond acceptors (Lipinski definition) is 3. The topological polar surface area (TPSA) is 25.4 Å². The fraction of sp³-hybridized carbons (Fsp3) is 0.500. The van der Waals surface area contributed by atoms with Crippen LogP contribution in [-0.4, -0.2) is 31.3 Å². The first-order valence-electron chi connectivity index (χ1n) is 5.04. The van der Waals surface area contributed by atoms with E-state index in [1.54, 1.807) is 0 Å². The molecule has 1 saturated heterocycles. The number of aromatic nitrogens is 1. The molecule has 7 heteroatoms. The third-order valence-corrected chi connectivity index (χ3v) is 2.74. The first-order chi connectivity index (χ1) is 7.98. The maximum atomic E-state index is 12.4. The van der Waals surface area contributed by atoms with Crippen molar-refractivity contribution in [2.75, 3.05) is 31.2 Å². The van der Waals surface area contributed by atoms with Gasteiger partial charge in [-0.2, -0.15) is 13.2 Å². The summed E-state index contributed by atoms with van der Waals surface area (Å²) in [4.78, 5) is 5.60. The lowest BCUT2D eigenvalue weighted by Gasteiger charge is -2.28. The van der Waals surface area contributed by atoms with E-state index in [2.05, 4.69) is 4.98 Å². The van der Waals surface area contributed by atoms with Crippen LogP contribution in [0.5, 0.6) is 0 Å². The zero-order valence-electron chi connectivity index (χ0n) is 8.80. The van der Waals surface area contributed by atoms with E-state index in [9.17, 15) is 13.2 Å². The fourth-order valence-corrected chi connectivity index (χ4v) is 1.88. The second-order valence-electron chi connectivity index (χ2n) is 3.63. The van der Waals surface area contributed by atoms with Gasteiger partial charge in [0.15, 0.2) is 0 Å². The highest BCUT2D eigenvalue weighted by molar-refractivity contribution is 6.33. The summed E-state index contributed by atoms with van der Waals surface area (Å²) in [6.07, 6.45) is -3.61. The summed E-state index contributed by atoms with van der Waals surface area (Å²) in [6, 6.07) is 0.902. The highest BCUT2D eigenvalue weighted by Gasteiger charge is 2.32. The van der Waals surface area contributed by atoms with Crippen molar-refractivity contribution in [3.63, 3.8) is 0 Å². The monoisotopic (exact) mass is 266 g/mol. The Balaban J connectivity index is 2.25. The SMILES string of the molecule is FC(F)(F)c1cnc(N2CCOCC2)c(Cl)c1. The number of ether oxygens (including phenoxy) is 1. The van der Waals surface area contributed by atoms with Gasteiger partial charge < -0.3 is 9.64 Å². The molecule has 0 aromatic carbocycles. The van der Waals surface area contributed by atoms with Gasteiger partial charge in [-0.1, -0.05) is 11.6 Å². The lowest BCUT2D eigenvalue weighted by atomic mass is 10.2. The molecule has 1 aliphatic heterocycles. The fourth-order valence-electron chi connectivity index (χ4n) is 1.59. The summed E-state index contributed by atoms with van der Waals surface area (Å²) in [6.45, 7) is 2.22. The Bertz CT molecular complexity index is 405. The minimum atomic E-state index is -4.42. The third-order valence-electron chi connectivity index (χ3n) is 2.46. The highest BCUT2D eigenvalue weighted by Crippen LogP contribution is 2.33. The summed E-state index contributed by atoms with van der Waals surface area (Å²) >= 11 is 5.82. The van der Waals surface area contributed by atoms with Crippen molar-refractivity contribution >= 4 is 17.4 Å². The van der Waals surface area contributed by atoms with Gasteiger partial charge in [-0.25, -0.2) is 4.98 Å². The summed E-state index contributed by atoms with van der Waals surface area (Å²) in [5.41, 5.74) is -0.834. The van der Waals surface area contributed by atoms with Gasteiger partial charge >= 0.3 is 6.18 Å². The Morgan fingerprint density at radius 3 is 2.47 bits per heavy atom. The molecule has 1 aliphatic rings. The molecule has 0 spiro atoms. The van der Waals surface area contributed by atoms with Gasteiger partial charge in [0.25, 0.3) is 0 Å². The number of rotatable bonds is 1. The molecule has 1 fully saturated rings. The van der Waals surface area contributed by atoms with Crippen molar-refractivity contribution in [3.8, 4) is 0 Å². The van der Waals surface area contributed by atoms with E-state index in [0.717, 1.165) is 12.3 Å². The van der Waals surface area contributed by atoms with E-state index in [4.69, 9.17) is 16.3 Å². The first-order valence-corrected chi connectivity index (χ1v) is 5.42. The smallest absolute Gasteiger partial charge is 0.378 e. The Morgan fingerprint density at radius 2 is 1.94 bits per heavy atom. The van der Waals surface area contributed by atoms with Gasteiger partial charge in [-0.05, 0) is 6.07 Å². The van der Waals surface area contributed by atoms with Gasteiger partial charge in [0.05, 0.1) is 23.8 Å². The Morgan fingerprint density at radius 1 is 1.29 bits per heavy atom. The third kappa shape index (κ3) is 2.81. The standard InChI is InChI=1S/C10H10ClF3N2O/c11-8-5-7(10(12,13)14)6-15-9(8)16-1-3-17-4-2-16/h5-6H,1-4H2. The molecule has 0 radical (unpaired) electrons. The van der Waals surface area contributed by atoms with Crippen molar-refractivity contribution < 1.29 is 17.9 Å². The molecule has 0 N–H and O–H groups in total. The van der Waals surface area contributed by atoms with Crippen LogP contribution in [0.2, 0.25) is 5.02 Å². The van der Waals surface area contributed by atoms with Crippen molar-refractivity contribution in [3.05, 3.63) is 22.8 Å². The Hall–Kier alpha value is -1.01. The molecule has 2 rings (SSSR count). The molecule has 2 heterocycles. The molecule has 94 valence electrons. The van der Waals surface area contributed by atoms with Crippen LogP contribution >= 0.6 is 11.6 Å². The van der Waals surface area contributed by atoms with Gasteiger partial charge in [0.2, 0.25) is 0 Å². The molecular weight excluding hydrogens is 257 g/mol. The van der Waals surface area contributed by atoms with Gasteiger partial charge in [-0.15, -0.1) is 0 Å². The summed E-state index contributed by atoms with van der Waals surface area (Å²) in [5.74, 6) is 0.378. The second-order valence-corrected chi connectivity index (χ2v) is 4.03. The van der Waals surface area contributed by atoms with E-state index in [0.29, 0.717) is 32.1 Å². The van der Waals surface area contributed by atoms with Crippen molar-refractivity contribution in [2.45, 2.75) is 6.18 Å². The van der Waals surface area contributed by atoms with Crippen LogP contribution in [0.25, 0.3) is 0 Å². The Kier molecular flexibility index (Phi) is 3.44. The van der Waals surface area contributed by atoms with Crippen LogP contribution < -0.4 is 4.90 Å². The largest absolute Gasteiger partial charge is 0.417 e. The summed E-state index contributed by atoms with van der Waals surface area (Å²) in [5, 5.41) is 0.0155. The molecule has 0 aliphatic carbocycles. The van der Waals surface area contributed by atoms with E-state index in [1.165, 1.54) is 0 Å². The summed E-state index contributed by atoms with van der Waals surface area (Å²) in [7, 11) is 0. The predicted octanol–water partition coefficient (Wildman–Crippen LogP) is 2.59. The van der Waals surface area contributed by atoms with Crippen molar-refractivity contribution in [2.24, 2.45) is 0 Å². The minimum Gasteiger partial charge on any atom is -0.378 e. The van der Waals surface area contributed by atoms with Crippen LogP contribution in [0.1, 0.15) is 5.56 Å². The second kappa shape index (κ2) is 4.70. The van der Waals surface area contributed by atoms with Gasteiger partial charge in [-0.3, -0.25) is 0 Å². The molecule has 1 aromatic rings. The molecule has 3 nitrogen and oxygen atoms in total. The first kappa shape index (κ1) is 12.4. The molecule has 0 amide bonds. The molecule has 0 saturated carbocycles. The minimum absolute atomic E-state index is 0.0155. The average molecular weight is 267 g/mol. The quantitative estimate of drug-likeness (QED) is 0.781. The number of alkyl halides is 3. The number of nitrogens with zero attached hydrogens (tertiary/aromatic N) is 2. The van der Waals surface area contributed by atoms with Gasteiger partial charge in [0.1, 0.15) is 5.82 Å². The summed E-state index contributed by atoms with van der Waals surface area (Å²) < 4.78 is 42.4. The highest BCUT2D eigenvalue weighted by atomic mass is 35.5. The van der Waals surface area contributed by atoms with Crippen LogP contribution in [0.3, 0.4) is 0 Å². The molecule has 0 unspecified atom stereocenters. The number of pyridine rings is 1. The molecule has 17 heavy (non-hydrogen) atoms. The number of anilines is 1. The maximum absolute atomic E-state index is 12.4. The zero-order valence-corrected chi connectivity index (χ0v) is 9.55. The number of halogens is 4. The molecule has 0 bridgehead atoms. The van der Waals surface area contributed by atoms with E-state index in [-0.39, 0.29) is 5.02 Å². The molecule has 0 atom stereocenters. The molecular formula is C10H10ClF3N2O. The number of morpholine rings is 1. The van der Waals surface area contributed by atoms with Gasteiger partial charge in [0, 0.05) is 19.3 Å². The van der Waals surface area contributed by atoms with Crippen molar-refractivity contribution in [1.82, 2.24) is 4.98 Å². The predicted molar refractivity (Wildman–Crippen MR) is 57.3 cm³/mol. The van der Waals surface area contributed by atoms with Crippen molar-refractivity contribution in [1.29, 1.82) is 0 Å². The normalized spacial score (nSPS) is 17.3. The average Bonchev–Trinajstić information content (AvgIpc) is 2.29. The molecule has 1 aromatic heterocycles. The van der Waals surface area contributed by atoms with Crippen LogP contribution in [-0.2, 0) is 10.9 Å². The lowest BCUT2D eigenvalue weighted by molar-refractivity contribution is -0.137. The van der Waals surface area contributed by atoms with E-state index in [1.807, 2.05) is 4.90 Å².